The molecule has 6 nitrogen and oxygen atoms in total. The average molecular weight is 263 g/mol. The molecule has 0 aliphatic carbocycles. The van der Waals surface area contributed by atoms with Gasteiger partial charge < -0.3 is 10.4 Å². The number of hydrogen-bond donors (Lipinski definition) is 2. The maximum absolute atomic E-state index is 10.9. The van der Waals surface area contributed by atoms with Crippen LogP contribution in [0.4, 0.5) is 11.4 Å². The van der Waals surface area contributed by atoms with E-state index >= 15 is 0 Å². The van der Waals surface area contributed by atoms with Gasteiger partial charge in [-0.25, -0.2) is 0 Å². The molecule has 0 saturated carbocycles. The van der Waals surface area contributed by atoms with Gasteiger partial charge in [0.1, 0.15) is 11.6 Å². The Morgan fingerprint density at radius 1 is 1.47 bits per heavy atom. The van der Waals surface area contributed by atoms with Crippen LogP contribution in [0.2, 0.25) is 0 Å². The second-order valence-corrected chi connectivity index (χ2v) is 4.37. The Bertz CT molecular complexity index is 496. The van der Waals surface area contributed by atoms with Gasteiger partial charge in [0, 0.05) is 11.8 Å². The molecule has 0 atom stereocenters. The lowest BCUT2D eigenvalue weighted by molar-refractivity contribution is -0.385. The summed E-state index contributed by atoms with van der Waals surface area (Å²) < 4.78 is 0. The third kappa shape index (κ3) is 3.20. The van der Waals surface area contributed by atoms with Crippen LogP contribution in [0.15, 0.2) is 18.2 Å². The standard InChI is InChI=1S/C13H17N3O3/c1-3-13(4-2,9-17)15-11-6-5-10(8-14)12(7-11)16(18)19/h5-7,15,17H,3-4,9H2,1-2H3. The Kier molecular flexibility index (Phi) is 4.84. The van der Waals surface area contributed by atoms with E-state index in [9.17, 15) is 15.2 Å². The predicted octanol–water partition coefficient (Wildman–Crippen LogP) is 2.43. The highest BCUT2D eigenvalue weighted by atomic mass is 16.6. The third-order valence-electron chi connectivity index (χ3n) is 3.38. The molecule has 19 heavy (non-hydrogen) atoms. The van der Waals surface area contributed by atoms with Gasteiger partial charge >= 0.3 is 0 Å². The highest BCUT2D eigenvalue weighted by Crippen LogP contribution is 2.27. The smallest absolute Gasteiger partial charge is 0.289 e. The molecule has 0 fully saturated rings. The lowest BCUT2D eigenvalue weighted by atomic mass is 9.93. The first kappa shape index (κ1) is 14.9. The monoisotopic (exact) mass is 263 g/mol. The van der Waals surface area contributed by atoms with Gasteiger partial charge in [0.25, 0.3) is 5.69 Å². The van der Waals surface area contributed by atoms with Crippen LogP contribution in [0, 0.1) is 21.4 Å². The average Bonchev–Trinajstić information content (AvgIpc) is 2.44. The molecule has 0 heterocycles. The van der Waals surface area contributed by atoms with E-state index in [4.69, 9.17) is 5.26 Å². The van der Waals surface area contributed by atoms with Crippen LogP contribution >= 0.6 is 0 Å². The van der Waals surface area contributed by atoms with Crippen molar-refractivity contribution in [2.24, 2.45) is 0 Å². The van der Waals surface area contributed by atoms with E-state index in [0.717, 1.165) is 0 Å². The van der Waals surface area contributed by atoms with Gasteiger partial charge in [0.15, 0.2) is 0 Å². The van der Waals surface area contributed by atoms with E-state index < -0.39 is 10.5 Å². The molecule has 1 aromatic rings. The SMILES string of the molecule is CCC(CC)(CO)Nc1ccc(C#N)c([N+](=O)[O-])c1. The second kappa shape index (κ2) is 6.16. The summed E-state index contributed by atoms with van der Waals surface area (Å²) in [6.45, 7) is 3.81. The number of aliphatic hydroxyl groups excluding tert-OH is 1. The van der Waals surface area contributed by atoms with E-state index in [0.29, 0.717) is 18.5 Å². The highest BCUT2D eigenvalue weighted by Gasteiger charge is 2.25. The summed E-state index contributed by atoms with van der Waals surface area (Å²) >= 11 is 0. The number of aliphatic hydroxyl groups is 1. The van der Waals surface area contributed by atoms with Gasteiger partial charge in [-0.1, -0.05) is 13.8 Å². The van der Waals surface area contributed by atoms with E-state index in [1.807, 2.05) is 13.8 Å². The Balaban J connectivity index is 3.13. The summed E-state index contributed by atoms with van der Waals surface area (Å²) in [6, 6.07) is 6.14. The van der Waals surface area contributed by atoms with Crippen molar-refractivity contribution < 1.29 is 10.0 Å². The molecule has 0 radical (unpaired) electrons. The Labute approximate surface area is 111 Å². The minimum absolute atomic E-state index is 0.0261. The van der Waals surface area contributed by atoms with Crippen molar-refractivity contribution in [2.45, 2.75) is 32.2 Å². The van der Waals surface area contributed by atoms with Crippen LogP contribution in [0.1, 0.15) is 32.3 Å². The number of benzene rings is 1. The van der Waals surface area contributed by atoms with E-state index in [1.54, 1.807) is 12.1 Å². The van der Waals surface area contributed by atoms with Crippen LogP contribution in [-0.2, 0) is 0 Å². The van der Waals surface area contributed by atoms with Crippen molar-refractivity contribution in [3.8, 4) is 6.07 Å². The summed E-state index contributed by atoms with van der Waals surface area (Å²) in [7, 11) is 0. The first-order valence-corrected chi connectivity index (χ1v) is 6.09. The normalized spacial score (nSPS) is 10.8. The maximum atomic E-state index is 10.9. The van der Waals surface area contributed by atoms with Crippen LogP contribution in [0.3, 0.4) is 0 Å². The third-order valence-corrected chi connectivity index (χ3v) is 3.38. The van der Waals surface area contributed by atoms with Crippen LogP contribution in [-0.4, -0.2) is 22.2 Å². The fourth-order valence-corrected chi connectivity index (χ4v) is 1.85. The summed E-state index contributed by atoms with van der Waals surface area (Å²) in [5, 5.41) is 32.3. The van der Waals surface area contributed by atoms with Gasteiger partial charge in [-0.3, -0.25) is 10.1 Å². The molecule has 0 saturated heterocycles. The molecule has 6 heteroatoms. The van der Waals surface area contributed by atoms with E-state index in [1.165, 1.54) is 12.1 Å². The first-order chi connectivity index (χ1) is 9.01. The van der Waals surface area contributed by atoms with Crippen LogP contribution < -0.4 is 5.32 Å². The number of hydrogen-bond acceptors (Lipinski definition) is 5. The highest BCUT2D eigenvalue weighted by molar-refractivity contribution is 5.60. The lowest BCUT2D eigenvalue weighted by Crippen LogP contribution is -2.40. The fourth-order valence-electron chi connectivity index (χ4n) is 1.85. The van der Waals surface area contributed by atoms with Crippen molar-refractivity contribution in [3.63, 3.8) is 0 Å². The first-order valence-electron chi connectivity index (χ1n) is 6.09. The fraction of sp³-hybridized carbons (Fsp3) is 0.462. The zero-order chi connectivity index (χ0) is 14.5. The zero-order valence-corrected chi connectivity index (χ0v) is 11.0. The van der Waals surface area contributed by atoms with Crippen molar-refractivity contribution in [3.05, 3.63) is 33.9 Å². The van der Waals surface area contributed by atoms with E-state index in [2.05, 4.69) is 5.32 Å². The maximum Gasteiger partial charge on any atom is 0.289 e. The molecular weight excluding hydrogens is 246 g/mol. The number of nitro benzene ring substituents is 1. The molecule has 0 amide bonds. The minimum Gasteiger partial charge on any atom is -0.394 e. The molecular formula is C13H17N3O3. The molecule has 0 aliphatic rings. The number of nitro groups is 1. The summed E-state index contributed by atoms with van der Waals surface area (Å²) in [5.74, 6) is 0. The van der Waals surface area contributed by atoms with Crippen molar-refractivity contribution in [2.75, 3.05) is 11.9 Å². The molecule has 0 unspecified atom stereocenters. The number of nitriles is 1. The molecule has 0 spiro atoms. The lowest BCUT2D eigenvalue weighted by Gasteiger charge is -2.31. The van der Waals surface area contributed by atoms with Gasteiger partial charge in [-0.15, -0.1) is 0 Å². The quantitative estimate of drug-likeness (QED) is 0.606. The van der Waals surface area contributed by atoms with Crippen molar-refractivity contribution >= 4 is 11.4 Å². The molecule has 0 bridgehead atoms. The summed E-state index contributed by atoms with van der Waals surface area (Å²) in [5.41, 5.74) is -0.171. The van der Waals surface area contributed by atoms with Crippen LogP contribution in [0.5, 0.6) is 0 Å². The van der Waals surface area contributed by atoms with Gasteiger partial charge in [0.2, 0.25) is 0 Å². The Morgan fingerprint density at radius 2 is 2.11 bits per heavy atom. The Hall–Kier alpha value is -2.13. The predicted molar refractivity (Wildman–Crippen MR) is 71.8 cm³/mol. The number of nitrogens with one attached hydrogen (secondary N) is 1. The molecule has 1 rings (SSSR count). The van der Waals surface area contributed by atoms with E-state index in [-0.39, 0.29) is 17.9 Å². The summed E-state index contributed by atoms with van der Waals surface area (Å²) in [6.07, 6.45) is 1.38. The van der Waals surface area contributed by atoms with Gasteiger partial charge in [0.05, 0.1) is 17.1 Å². The van der Waals surface area contributed by atoms with Crippen LogP contribution in [0.25, 0.3) is 0 Å². The minimum atomic E-state index is -0.581. The van der Waals surface area contributed by atoms with Gasteiger partial charge in [-0.2, -0.15) is 5.26 Å². The molecule has 0 aromatic heterocycles. The zero-order valence-electron chi connectivity index (χ0n) is 11.0. The summed E-state index contributed by atoms with van der Waals surface area (Å²) in [4.78, 5) is 10.3. The Morgan fingerprint density at radius 3 is 2.53 bits per heavy atom. The number of nitrogens with zero attached hydrogens (tertiary/aromatic N) is 2. The van der Waals surface area contributed by atoms with Gasteiger partial charge in [-0.05, 0) is 25.0 Å². The molecule has 1 aromatic carbocycles. The largest absolute Gasteiger partial charge is 0.394 e. The molecule has 0 aliphatic heterocycles. The number of anilines is 1. The second-order valence-electron chi connectivity index (χ2n) is 4.37. The number of rotatable bonds is 6. The van der Waals surface area contributed by atoms with Crippen molar-refractivity contribution in [1.29, 1.82) is 5.26 Å². The topological polar surface area (TPSA) is 99.2 Å². The molecule has 2 N–H and O–H groups in total. The molecule has 102 valence electrons. The van der Waals surface area contributed by atoms with Crippen molar-refractivity contribution in [1.82, 2.24) is 0 Å².